The van der Waals surface area contributed by atoms with Crippen LogP contribution in [0.3, 0.4) is 0 Å². The molecule has 22 heavy (non-hydrogen) atoms. The van der Waals surface area contributed by atoms with Gasteiger partial charge in [-0.25, -0.2) is 0 Å². The molecule has 0 radical (unpaired) electrons. The van der Waals surface area contributed by atoms with Crippen molar-refractivity contribution in [3.63, 3.8) is 0 Å². The molecule has 1 heterocycles. The molecule has 2 heteroatoms. The minimum Gasteiger partial charge on any atom is -0.457 e. The highest BCUT2D eigenvalue weighted by Gasteiger charge is 2.29. The van der Waals surface area contributed by atoms with Gasteiger partial charge in [-0.15, -0.1) is 0 Å². The van der Waals surface area contributed by atoms with E-state index in [4.69, 9.17) is 4.42 Å². The third kappa shape index (κ3) is 1.92. The fraction of sp³-hybridized carbons (Fsp3) is 0.0500. The first-order chi connectivity index (χ1) is 10.7. The zero-order valence-electron chi connectivity index (χ0n) is 12.0. The van der Waals surface area contributed by atoms with E-state index in [1.165, 1.54) is 0 Å². The summed E-state index contributed by atoms with van der Waals surface area (Å²) in [6, 6.07) is 19.6. The highest BCUT2D eigenvalue weighted by atomic mass is 16.3. The Hall–Kier alpha value is -2.87. The van der Waals surface area contributed by atoms with Gasteiger partial charge in [0.05, 0.1) is 0 Å². The average Bonchev–Trinajstić information content (AvgIpc) is 2.98. The third-order valence-electron chi connectivity index (χ3n) is 4.03. The van der Waals surface area contributed by atoms with Crippen molar-refractivity contribution in [2.75, 3.05) is 0 Å². The minimum absolute atomic E-state index is 0.0580. The molecule has 1 aliphatic carbocycles. The van der Waals surface area contributed by atoms with Gasteiger partial charge in [-0.1, -0.05) is 61.2 Å². The van der Waals surface area contributed by atoms with Gasteiger partial charge in [0.2, 0.25) is 5.78 Å². The summed E-state index contributed by atoms with van der Waals surface area (Å²) in [5.41, 5.74) is 4.39. The van der Waals surface area contributed by atoms with Gasteiger partial charge < -0.3 is 4.42 Å². The first kappa shape index (κ1) is 12.8. The van der Waals surface area contributed by atoms with Crippen molar-refractivity contribution in [2.24, 2.45) is 0 Å². The summed E-state index contributed by atoms with van der Waals surface area (Å²) in [6.45, 7) is 4.14. The second-order valence-electron chi connectivity index (χ2n) is 5.47. The van der Waals surface area contributed by atoms with Crippen LogP contribution in [0, 0.1) is 0 Å². The van der Waals surface area contributed by atoms with E-state index in [0.717, 1.165) is 28.0 Å². The first-order valence-corrected chi connectivity index (χ1v) is 7.24. The molecule has 2 aromatic carbocycles. The van der Waals surface area contributed by atoms with Crippen molar-refractivity contribution in [3.05, 3.63) is 101 Å². The van der Waals surface area contributed by atoms with E-state index < -0.39 is 0 Å². The summed E-state index contributed by atoms with van der Waals surface area (Å²) in [4.78, 5) is 12.6. The SMILES string of the molecule is C=C1c2ccccc2C(=O)c2oc(Cc3ccccc3)cc21. The molecular formula is C20H14O2. The number of hydrogen-bond acceptors (Lipinski definition) is 2. The summed E-state index contributed by atoms with van der Waals surface area (Å²) < 4.78 is 5.84. The predicted molar refractivity (Wildman–Crippen MR) is 86.0 cm³/mol. The molecule has 1 aromatic heterocycles. The molecule has 0 bridgehead atoms. The molecule has 106 valence electrons. The van der Waals surface area contributed by atoms with Crippen LogP contribution in [0.25, 0.3) is 5.57 Å². The van der Waals surface area contributed by atoms with Gasteiger partial charge >= 0.3 is 0 Å². The molecule has 0 aliphatic heterocycles. The van der Waals surface area contributed by atoms with E-state index in [1.807, 2.05) is 60.7 Å². The maximum Gasteiger partial charge on any atom is 0.229 e. The van der Waals surface area contributed by atoms with Crippen LogP contribution in [0.2, 0.25) is 0 Å². The molecular weight excluding hydrogens is 272 g/mol. The molecule has 0 saturated heterocycles. The lowest BCUT2D eigenvalue weighted by atomic mass is 9.86. The van der Waals surface area contributed by atoms with Crippen molar-refractivity contribution in [1.29, 1.82) is 0 Å². The Kier molecular flexibility index (Phi) is 2.83. The molecule has 0 amide bonds. The van der Waals surface area contributed by atoms with E-state index in [-0.39, 0.29) is 5.78 Å². The molecule has 0 saturated carbocycles. The Labute approximate surface area is 128 Å². The van der Waals surface area contributed by atoms with Gasteiger partial charge in [-0.2, -0.15) is 0 Å². The van der Waals surface area contributed by atoms with Crippen LogP contribution in [-0.2, 0) is 6.42 Å². The fourth-order valence-corrected chi connectivity index (χ4v) is 2.93. The van der Waals surface area contributed by atoms with Crippen molar-refractivity contribution in [3.8, 4) is 0 Å². The van der Waals surface area contributed by atoms with E-state index in [2.05, 4.69) is 6.58 Å². The predicted octanol–water partition coefficient (Wildman–Crippen LogP) is 4.48. The van der Waals surface area contributed by atoms with Crippen molar-refractivity contribution < 1.29 is 9.21 Å². The molecule has 0 fully saturated rings. The van der Waals surface area contributed by atoms with E-state index in [0.29, 0.717) is 17.7 Å². The quantitative estimate of drug-likeness (QED) is 0.544. The normalized spacial score (nSPS) is 12.9. The van der Waals surface area contributed by atoms with E-state index in [9.17, 15) is 4.79 Å². The molecule has 4 rings (SSSR count). The van der Waals surface area contributed by atoms with Crippen LogP contribution in [0.15, 0.2) is 71.7 Å². The Balaban J connectivity index is 1.77. The lowest BCUT2D eigenvalue weighted by molar-refractivity contribution is 0.101. The van der Waals surface area contributed by atoms with Crippen LogP contribution >= 0.6 is 0 Å². The molecule has 2 nitrogen and oxygen atoms in total. The standard InChI is InChI=1S/C20H14O2/c1-13-16-9-5-6-10-17(16)19(21)20-18(13)12-15(22-20)11-14-7-3-2-4-8-14/h2-10,12H,1,11H2. The number of hydrogen-bond donors (Lipinski definition) is 0. The maximum absolute atomic E-state index is 12.6. The number of rotatable bonds is 2. The van der Waals surface area contributed by atoms with Gasteiger partial charge in [0.25, 0.3) is 0 Å². The monoisotopic (exact) mass is 286 g/mol. The lowest BCUT2D eigenvalue weighted by Gasteiger charge is -2.15. The van der Waals surface area contributed by atoms with Gasteiger partial charge in [-0.3, -0.25) is 4.79 Å². The lowest BCUT2D eigenvalue weighted by Crippen LogP contribution is -2.11. The average molecular weight is 286 g/mol. The highest BCUT2D eigenvalue weighted by Crippen LogP contribution is 2.36. The maximum atomic E-state index is 12.6. The summed E-state index contributed by atoms with van der Waals surface area (Å²) in [7, 11) is 0. The van der Waals surface area contributed by atoms with Crippen LogP contribution in [-0.4, -0.2) is 5.78 Å². The number of ketones is 1. The number of benzene rings is 2. The topological polar surface area (TPSA) is 30.2 Å². The molecule has 0 unspecified atom stereocenters. The van der Waals surface area contributed by atoms with E-state index >= 15 is 0 Å². The largest absolute Gasteiger partial charge is 0.457 e. The summed E-state index contributed by atoms with van der Waals surface area (Å²) >= 11 is 0. The first-order valence-electron chi connectivity index (χ1n) is 7.24. The molecule has 0 atom stereocenters. The summed E-state index contributed by atoms with van der Waals surface area (Å²) in [6.07, 6.45) is 0.671. The van der Waals surface area contributed by atoms with Crippen molar-refractivity contribution in [2.45, 2.75) is 6.42 Å². The number of fused-ring (bicyclic) bond motifs is 2. The Bertz CT molecular complexity index is 833. The number of carbonyl (C=O) groups excluding carboxylic acids is 1. The van der Waals surface area contributed by atoms with Crippen LogP contribution in [0.5, 0.6) is 0 Å². The molecule has 3 aromatic rings. The van der Waals surface area contributed by atoms with Gasteiger partial charge in [0, 0.05) is 17.5 Å². The zero-order chi connectivity index (χ0) is 15.1. The van der Waals surface area contributed by atoms with Crippen molar-refractivity contribution >= 4 is 11.4 Å². The van der Waals surface area contributed by atoms with Crippen LogP contribution in [0.1, 0.15) is 38.6 Å². The van der Waals surface area contributed by atoms with Crippen LogP contribution in [0.4, 0.5) is 0 Å². The Morgan fingerprint density at radius 2 is 1.55 bits per heavy atom. The third-order valence-corrected chi connectivity index (χ3v) is 4.03. The number of carbonyl (C=O) groups is 1. The van der Waals surface area contributed by atoms with Gasteiger partial charge in [-0.05, 0) is 22.8 Å². The molecule has 0 N–H and O–H groups in total. The Morgan fingerprint density at radius 3 is 2.32 bits per heavy atom. The summed E-state index contributed by atoms with van der Waals surface area (Å²) in [5, 5.41) is 0. The van der Waals surface area contributed by atoms with Crippen molar-refractivity contribution in [1.82, 2.24) is 0 Å². The second-order valence-corrected chi connectivity index (χ2v) is 5.47. The highest BCUT2D eigenvalue weighted by molar-refractivity contribution is 6.17. The fourth-order valence-electron chi connectivity index (χ4n) is 2.93. The summed E-state index contributed by atoms with van der Waals surface area (Å²) in [5.74, 6) is 1.14. The number of furan rings is 1. The van der Waals surface area contributed by atoms with Gasteiger partial charge in [0.15, 0.2) is 5.76 Å². The second kappa shape index (κ2) is 4.85. The van der Waals surface area contributed by atoms with E-state index in [1.54, 1.807) is 0 Å². The minimum atomic E-state index is -0.0580. The zero-order valence-corrected chi connectivity index (χ0v) is 12.0. The Morgan fingerprint density at radius 1 is 0.864 bits per heavy atom. The van der Waals surface area contributed by atoms with Gasteiger partial charge in [0.1, 0.15) is 5.76 Å². The smallest absolute Gasteiger partial charge is 0.229 e. The molecule has 1 aliphatic rings. The van der Waals surface area contributed by atoms with Crippen LogP contribution < -0.4 is 0 Å². The molecule has 0 spiro atoms.